The Morgan fingerprint density at radius 2 is 1.86 bits per heavy atom. The maximum Gasteiger partial charge on any atom is 0.0565 e. The molecule has 0 saturated heterocycles. The molecule has 3 atom stereocenters. The summed E-state index contributed by atoms with van der Waals surface area (Å²) in [4.78, 5) is 0. The van der Waals surface area contributed by atoms with E-state index in [2.05, 4.69) is 82.8 Å². The summed E-state index contributed by atoms with van der Waals surface area (Å²) in [5.74, 6) is 1.15. The maximum absolute atomic E-state index is 3.82. The predicted molar refractivity (Wildman–Crippen MR) is 91.7 cm³/mol. The summed E-state index contributed by atoms with van der Waals surface area (Å²) >= 11 is 3.73. The van der Waals surface area contributed by atoms with Gasteiger partial charge in [0.15, 0.2) is 0 Å². The van der Waals surface area contributed by atoms with Crippen molar-refractivity contribution in [2.45, 2.75) is 25.3 Å². The van der Waals surface area contributed by atoms with E-state index in [1.165, 1.54) is 26.9 Å². The molecule has 0 spiro atoms. The molecule has 0 fully saturated rings. The van der Waals surface area contributed by atoms with Gasteiger partial charge in [0.05, 0.1) is 6.04 Å². The normalized spacial score (nSPS) is 26.1. The highest BCUT2D eigenvalue weighted by molar-refractivity contribution is 9.10. The summed E-state index contributed by atoms with van der Waals surface area (Å²) in [5.41, 5.74) is 5.48. The van der Waals surface area contributed by atoms with E-state index in [0.717, 1.165) is 6.42 Å². The van der Waals surface area contributed by atoms with Crippen molar-refractivity contribution in [3.8, 4) is 0 Å². The third-order valence-electron chi connectivity index (χ3n) is 4.85. The highest BCUT2D eigenvalue weighted by Crippen LogP contribution is 2.51. The molecule has 1 aliphatic heterocycles. The third-order valence-corrected chi connectivity index (χ3v) is 5.57. The van der Waals surface area contributed by atoms with Crippen LogP contribution >= 0.6 is 15.9 Å². The van der Waals surface area contributed by atoms with Crippen LogP contribution in [0.25, 0.3) is 0 Å². The molecule has 1 aliphatic carbocycles. The molecule has 2 aromatic rings. The van der Waals surface area contributed by atoms with Gasteiger partial charge >= 0.3 is 0 Å². The van der Waals surface area contributed by atoms with Gasteiger partial charge in [0, 0.05) is 16.1 Å². The number of nitrogens with one attached hydrogen (secondary N) is 1. The maximum atomic E-state index is 3.82. The van der Waals surface area contributed by atoms with Gasteiger partial charge in [-0.05, 0) is 42.0 Å². The molecule has 1 N–H and O–H groups in total. The second-order valence-corrected chi connectivity index (χ2v) is 6.89. The van der Waals surface area contributed by atoms with Gasteiger partial charge in [-0.1, -0.05) is 64.5 Å². The van der Waals surface area contributed by atoms with Crippen LogP contribution < -0.4 is 5.32 Å². The highest BCUT2D eigenvalue weighted by atomic mass is 79.9. The number of aryl methyl sites for hydroxylation is 1. The van der Waals surface area contributed by atoms with Crippen molar-refractivity contribution >= 4 is 21.6 Å². The van der Waals surface area contributed by atoms with Crippen LogP contribution in [0.3, 0.4) is 0 Å². The number of rotatable bonds is 1. The number of hydrogen-bond acceptors (Lipinski definition) is 1. The molecule has 0 radical (unpaired) electrons. The van der Waals surface area contributed by atoms with Crippen LogP contribution in [0, 0.1) is 12.8 Å². The van der Waals surface area contributed by atoms with Gasteiger partial charge < -0.3 is 5.32 Å². The van der Waals surface area contributed by atoms with Gasteiger partial charge in [-0.15, -0.1) is 0 Å². The van der Waals surface area contributed by atoms with E-state index >= 15 is 0 Å². The van der Waals surface area contributed by atoms with Gasteiger partial charge in [-0.3, -0.25) is 0 Å². The van der Waals surface area contributed by atoms with E-state index in [0.29, 0.717) is 17.9 Å². The molecule has 21 heavy (non-hydrogen) atoms. The number of halogens is 1. The van der Waals surface area contributed by atoms with E-state index < -0.39 is 0 Å². The molecule has 2 aromatic carbocycles. The molecule has 4 rings (SSSR count). The Morgan fingerprint density at radius 3 is 2.71 bits per heavy atom. The fraction of sp³-hybridized carbons (Fsp3) is 0.263. The second kappa shape index (κ2) is 5.03. The van der Waals surface area contributed by atoms with Crippen molar-refractivity contribution in [3.05, 3.63) is 75.8 Å². The van der Waals surface area contributed by atoms with Crippen LogP contribution in [-0.4, -0.2) is 0 Å². The second-order valence-electron chi connectivity index (χ2n) is 6.04. The molecule has 0 saturated carbocycles. The molecule has 0 bridgehead atoms. The van der Waals surface area contributed by atoms with Crippen molar-refractivity contribution in [2.24, 2.45) is 5.92 Å². The SMILES string of the molecule is Cc1cccc2c1N[C@H](c1ccccc1Br)[C@@H]1CC=C[C@@H]21. The first-order valence-corrected chi connectivity index (χ1v) is 8.32. The summed E-state index contributed by atoms with van der Waals surface area (Å²) in [7, 11) is 0. The van der Waals surface area contributed by atoms with Gasteiger partial charge in [0.1, 0.15) is 0 Å². The van der Waals surface area contributed by atoms with Crippen molar-refractivity contribution in [2.75, 3.05) is 5.32 Å². The predicted octanol–water partition coefficient (Wildman–Crippen LogP) is 5.58. The van der Waals surface area contributed by atoms with E-state index in [1.54, 1.807) is 0 Å². The lowest BCUT2D eigenvalue weighted by molar-refractivity contribution is 0.424. The topological polar surface area (TPSA) is 12.0 Å². The monoisotopic (exact) mass is 339 g/mol. The zero-order valence-corrected chi connectivity index (χ0v) is 13.6. The van der Waals surface area contributed by atoms with Gasteiger partial charge in [0.2, 0.25) is 0 Å². The van der Waals surface area contributed by atoms with Crippen LogP contribution in [0.1, 0.15) is 35.1 Å². The fourth-order valence-corrected chi connectivity index (χ4v) is 4.34. The van der Waals surface area contributed by atoms with Crippen molar-refractivity contribution in [3.63, 3.8) is 0 Å². The Hall–Kier alpha value is -1.54. The van der Waals surface area contributed by atoms with E-state index in [1.807, 2.05) is 0 Å². The Labute approximate surface area is 134 Å². The Balaban J connectivity index is 1.85. The Morgan fingerprint density at radius 1 is 1.05 bits per heavy atom. The minimum atomic E-state index is 0.370. The first-order chi connectivity index (χ1) is 10.3. The lowest BCUT2D eigenvalue weighted by Crippen LogP contribution is -2.29. The van der Waals surface area contributed by atoms with Crippen LogP contribution in [0.15, 0.2) is 59.1 Å². The third kappa shape index (κ3) is 2.04. The van der Waals surface area contributed by atoms with E-state index in [9.17, 15) is 0 Å². The molecule has 0 amide bonds. The number of benzene rings is 2. The number of fused-ring (bicyclic) bond motifs is 3. The number of para-hydroxylation sites is 1. The van der Waals surface area contributed by atoms with E-state index in [4.69, 9.17) is 0 Å². The molecule has 106 valence electrons. The summed E-state index contributed by atoms with van der Waals surface area (Å²) in [6, 6.07) is 15.6. The summed E-state index contributed by atoms with van der Waals surface area (Å²) in [5, 5.41) is 3.82. The lowest BCUT2D eigenvalue weighted by atomic mass is 9.76. The van der Waals surface area contributed by atoms with Crippen LogP contribution in [0.5, 0.6) is 0 Å². The first kappa shape index (κ1) is 13.1. The molecule has 0 aromatic heterocycles. The molecule has 1 heterocycles. The average Bonchev–Trinajstić information content (AvgIpc) is 2.97. The standard InChI is InChI=1S/C19H18BrN/c1-12-6-4-9-14-13-8-5-10-15(13)19(21-18(12)14)16-7-2-3-11-17(16)20/h2-9,11,13,15,19,21H,10H2,1H3/t13-,15+,19-/m0/s1. The number of anilines is 1. The van der Waals surface area contributed by atoms with Crippen molar-refractivity contribution in [1.82, 2.24) is 0 Å². The van der Waals surface area contributed by atoms with Gasteiger partial charge in [-0.2, -0.15) is 0 Å². The molecule has 2 heteroatoms. The van der Waals surface area contributed by atoms with Gasteiger partial charge in [-0.25, -0.2) is 0 Å². The molecule has 2 aliphatic rings. The fourth-order valence-electron chi connectivity index (χ4n) is 3.81. The summed E-state index contributed by atoms with van der Waals surface area (Å²) in [6.45, 7) is 2.20. The van der Waals surface area contributed by atoms with Gasteiger partial charge in [0.25, 0.3) is 0 Å². The largest absolute Gasteiger partial charge is 0.377 e. The Kier molecular flexibility index (Phi) is 3.15. The smallest absolute Gasteiger partial charge is 0.0565 e. The zero-order chi connectivity index (χ0) is 14.4. The highest BCUT2D eigenvalue weighted by Gasteiger charge is 2.38. The number of allylic oxidation sites excluding steroid dienone is 2. The molecule has 0 unspecified atom stereocenters. The lowest BCUT2D eigenvalue weighted by Gasteiger charge is -2.38. The zero-order valence-electron chi connectivity index (χ0n) is 12.0. The van der Waals surface area contributed by atoms with Crippen LogP contribution in [0.2, 0.25) is 0 Å². The van der Waals surface area contributed by atoms with Crippen molar-refractivity contribution in [1.29, 1.82) is 0 Å². The summed E-state index contributed by atoms with van der Waals surface area (Å²) < 4.78 is 1.20. The first-order valence-electron chi connectivity index (χ1n) is 7.53. The van der Waals surface area contributed by atoms with E-state index in [-0.39, 0.29) is 0 Å². The summed E-state index contributed by atoms with van der Waals surface area (Å²) in [6.07, 6.45) is 5.89. The minimum Gasteiger partial charge on any atom is -0.377 e. The minimum absolute atomic E-state index is 0.370. The quantitative estimate of drug-likeness (QED) is 0.668. The average molecular weight is 340 g/mol. The van der Waals surface area contributed by atoms with Crippen molar-refractivity contribution < 1.29 is 0 Å². The Bertz CT molecular complexity index is 719. The molecular weight excluding hydrogens is 322 g/mol. The molecule has 1 nitrogen and oxygen atoms in total. The molecular formula is C19H18BrN. The van der Waals surface area contributed by atoms with Crippen LogP contribution in [-0.2, 0) is 0 Å². The number of hydrogen-bond donors (Lipinski definition) is 1. The van der Waals surface area contributed by atoms with Crippen LogP contribution in [0.4, 0.5) is 5.69 Å².